The molecule has 92 valence electrons. The van der Waals surface area contributed by atoms with Gasteiger partial charge in [-0.1, -0.05) is 35.9 Å². The molecule has 2 rings (SSSR count). The molecule has 0 radical (unpaired) electrons. The Morgan fingerprint density at radius 2 is 1.88 bits per heavy atom. The van der Waals surface area contributed by atoms with Crippen molar-refractivity contribution < 1.29 is 5.11 Å². The lowest BCUT2D eigenvalue weighted by Gasteiger charge is -2.36. The van der Waals surface area contributed by atoms with Crippen LogP contribution in [0.1, 0.15) is 50.5 Å². The minimum absolute atomic E-state index is 0.489. The molecule has 1 nitrogen and oxygen atoms in total. The first-order valence-electron chi connectivity index (χ1n) is 6.51. The van der Waals surface area contributed by atoms with Gasteiger partial charge in [-0.2, -0.15) is 0 Å². The highest BCUT2D eigenvalue weighted by atomic mass is 16.3. The van der Waals surface area contributed by atoms with Crippen molar-refractivity contribution in [2.45, 2.75) is 50.5 Å². The lowest BCUT2D eigenvalue weighted by molar-refractivity contribution is -0.000264. The van der Waals surface area contributed by atoms with Crippen molar-refractivity contribution in [3.8, 4) is 0 Å². The highest BCUT2D eigenvalue weighted by molar-refractivity contribution is 5.20. The van der Waals surface area contributed by atoms with Crippen LogP contribution in [0.5, 0.6) is 0 Å². The van der Waals surface area contributed by atoms with Crippen molar-refractivity contribution in [3.63, 3.8) is 0 Å². The predicted octanol–water partition coefficient (Wildman–Crippen LogP) is 4.04. The van der Waals surface area contributed by atoms with Crippen LogP contribution < -0.4 is 0 Å². The second-order valence-corrected chi connectivity index (χ2v) is 5.54. The summed E-state index contributed by atoms with van der Waals surface area (Å²) in [7, 11) is 0. The molecule has 0 atom stereocenters. The Bertz CT molecular complexity index is 372. The molecular weight excluding hydrogens is 208 g/mol. The van der Waals surface area contributed by atoms with E-state index in [-0.39, 0.29) is 0 Å². The van der Waals surface area contributed by atoms with E-state index in [1.54, 1.807) is 0 Å². The van der Waals surface area contributed by atoms with E-state index < -0.39 is 5.60 Å². The summed E-state index contributed by atoms with van der Waals surface area (Å²) in [5.41, 5.74) is 2.02. The Morgan fingerprint density at radius 1 is 1.29 bits per heavy atom. The molecule has 1 fully saturated rings. The predicted molar refractivity (Wildman–Crippen MR) is 72.0 cm³/mol. The Balaban J connectivity index is 1.96. The van der Waals surface area contributed by atoms with Crippen LogP contribution in [0.4, 0.5) is 0 Å². The van der Waals surface area contributed by atoms with Crippen LogP contribution >= 0.6 is 0 Å². The lowest BCUT2D eigenvalue weighted by Crippen LogP contribution is -2.33. The van der Waals surface area contributed by atoms with Crippen LogP contribution in [0.15, 0.2) is 42.5 Å². The highest BCUT2D eigenvalue weighted by Crippen LogP contribution is 2.40. The van der Waals surface area contributed by atoms with Crippen molar-refractivity contribution in [2.75, 3.05) is 0 Å². The smallest absolute Gasteiger partial charge is 0.0685 e. The summed E-state index contributed by atoms with van der Waals surface area (Å²) in [6.45, 7) is 5.91. The maximum absolute atomic E-state index is 10.4. The van der Waals surface area contributed by atoms with Crippen molar-refractivity contribution in [1.29, 1.82) is 0 Å². The summed E-state index contributed by atoms with van der Waals surface area (Å²) < 4.78 is 0. The average Bonchev–Trinajstić information content (AvgIpc) is 2.29. The van der Waals surface area contributed by atoms with E-state index in [1.807, 2.05) is 6.92 Å². The molecule has 17 heavy (non-hydrogen) atoms. The molecule has 0 bridgehead atoms. The molecule has 0 spiro atoms. The second-order valence-electron chi connectivity index (χ2n) is 5.54. The lowest BCUT2D eigenvalue weighted by atomic mass is 9.74. The van der Waals surface area contributed by atoms with Gasteiger partial charge in [-0.15, -0.1) is 6.58 Å². The van der Waals surface area contributed by atoms with E-state index in [0.29, 0.717) is 5.92 Å². The maximum Gasteiger partial charge on any atom is 0.0685 e. The molecule has 1 heteroatoms. The molecule has 0 amide bonds. The number of hydrogen-bond donors (Lipinski definition) is 1. The van der Waals surface area contributed by atoms with E-state index in [1.165, 1.54) is 5.56 Å². The largest absolute Gasteiger partial charge is 0.390 e. The molecule has 1 aliphatic carbocycles. The van der Waals surface area contributed by atoms with Gasteiger partial charge in [-0.25, -0.2) is 0 Å². The van der Waals surface area contributed by atoms with Crippen molar-refractivity contribution in [3.05, 3.63) is 48.0 Å². The van der Waals surface area contributed by atoms with E-state index in [9.17, 15) is 5.11 Å². The molecule has 0 heterocycles. The van der Waals surface area contributed by atoms with Gasteiger partial charge in [-0.3, -0.25) is 0 Å². The molecule has 1 aromatic carbocycles. The van der Waals surface area contributed by atoms with E-state index in [2.05, 4.69) is 36.9 Å². The maximum atomic E-state index is 10.4. The third kappa shape index (κ3) is 3.19. The first-order chi connectivity index (χ1) is 8.09. The van der Waals surface area contributed by atoms with Gasteiger partial charge in [0, 0.05) is 0 Å². The Labute approximate surface area is 104 Å². The Kier molecular flexibility index (Phi) is 3.68. The standard InChI is InChI=1S/C16H22O/c1-13(2)12-16(17)10-8-15(9-11-16)14-6-4-3-5-7-14/h3-7,15,17H,1,8-12H2,2H3. The second kappa shape index (κ2) is 5.05. The first-order valence-corrected chi connectivity index (χ1v) is 6.51. The van der Waals surface area contributed by atoms with Crippen molar-refractivity contribution in [1.82, 2.24) is 0 Å². The van der Waals surface area contributed by atoms with Gasteiger partial charge in [0.1, 0.15) is 0 Å². The fraction of sp³-hybridized carbons (Fsp3) is 0.500. The van der Waals surface area contributed by atoms with Crippen LogP contribution in [0.25, 0.3) is 0 Å². The number of aliphatic hydroxyl groups is 1. The fourth-order valence-electron chi connectivity index (χ4n) is 2.95. The zero-order valence-corrected chi connectivity index (χ0v) is 10.7. The van der Waals surface area contributed by atoms with Gasteiger partial charge in [0.2, 0.25) is 0 Å². The summed E-state index contributed by atoms with van der Waals surface area (Å²) in [6.07, 6.45) is 4.74. The Morgan fingerprint density at radius 3 is 2.41 bits per heavy atom. The number of hydrogen-bond acceptors (Lipinski definition) is 1. The SMILES string of the molecule is C=C(C)CC1(O)CCC(c2ccccc2)CC1. The molecular formula is C16H22O. The minimum Gasteiger partial charge on any atom is -0.390 e. The van der Waals surface area contributed by atoms with E-state index >= 15 is 0 Å². The molecule has 0 aromatic heterocycles. The monoisotopic (exact) mass is 230 g/mol. The van der Waals surface area contributed by atoms with Crippen LogP contribution in [0.3, 0.4) is 0 Å². The van der Waals surface area contributed by atoms with Gasteiger partial charge in [0.15, 0.2) is 0 Å². The van der Waals surface area contributed by atoms with Crippen LogP contribution in [0.2, 0.25) is 0 Å². The highest BCUT2D eigenvalue weighted by Gasteiger charge is 2.33. The minimum atomic E-state index is -0.489. The van der Waals surface area contributed by atoms with Gasteiger partial charge in [0.25, 0.3) is 0 Å². The first kappa shape index (κ1) is 12.4. The molecule has 0 unspecified atom stereocenters. The molecule has 0 saturated heterocycles. The Hall–Kier alpha value is -1.08. The quantitative estimate of drug-likeness (QED) is 0.777. The zero-order valence-electron chi connectivity index (χ0n) is 10.7. The fourth-order valence-corrected chi connectivity index (χ4v) is 2.95. The van der Waals surface area contributed by atoms with Crippen LogP contribution in [-0.2, 0) is 0 Å². The summed E-state index contributed by atoms with van der Waals surface area (Å²) in [4.78, 5) is 0. The molecule has 1 N–H and O–H groups in total. The van der Waals surface area contributed by atoms with Crippen LogP contribution in [-0.4, -0.2) is 10.7 Å². The zero-order chi connectivity index (χ0) is 12.3. The molecule has 1 aliphatic rings. The van der Waals surface area contributed by atoms with Gasteiger partial charge in [-0.05, 0) is 50.5 Å². The topological polar surface area (TPSA) is 20.2 Å². The van der Waals surface area contributed by atoms with Crippen molar-refractivity contribution in [2.24, 2.45) is 0 Å². The summed E-state index contributed by atoms with van der Waals surface area (Å²) in [5, 5.41) is 10.4. The van der Waals surface area contributed by atoms with Crippen molar-refractivity contribution >= 4 is 0 Å². The third-order valence-corrected chi connectivity index (χ3v) is 3.82. The summed E-state index contributed by atoms with van der Waals surface area (Å²) in [6, 6.07) is 10.7. The van der Waals surface area contributed by atoms with Crippen LogP contribution in [0, 0.1) is 0 Å². The number of benzene rings is 1. The summed E-state index contributed by atoms with van der Waals surface area (Å²) >= 11 is 0. The normalized spacial score (nSPS) is 28.9. The van der Waals surface area contributed by atoms with Gasteiger partial charge >= 0.3 is 0 Å². The summed E-state index contributed by atoms with van der Waals surface area (Å²) in [5.74, 6) is 0.626. The van der Waals surface area contributed by atoms with Gasteiger partial charge in [0.05, 0.1) is 5.60 Å². The molecule has 1 saturated carbocycles. The molecule has 1 aromatic rings. The van der Waals surface area contributed by atoms with E-state index in [0.717, 1.165) is 37.7 Å². The molecule has 0 aliphatic heterocycles. The van der Waals surface area contributed by atoms with E-state index in [4.69, 9.17) is 0 Å². The third-order valence-electron chi connectivity index (χ3n) is 3.82. The average molecular weight is 230 g/mol. The van der Waals surface area contributed by atoms with Gasteiger partial charge < -0.3 is 5.11 Å². The number of rotatable bonds is 3.